The van der Waals surface area contributed by atoms with Crippen LogP contribution < -0.4 is 5.32 Å². The fourth-order valence-electron chi connectivity index (χ4n) is 3.23. The third-order valence-electron chi connectivity index (χ3n) is 4.96. The number of amides is 2. The molecule has 2 aromatic rings. The molecule has 2 fully saturated rings. The molecule has 2 heterocycles. The van der Waals surface area contributed by atoms with Crippen molar-refractivity contribution in [3.8, 4) is 0 Å². The Labute approximate surface area is 149 Å². The zero-order valence-electron chi connectivity index (χ0n) is 14.3. The highest BCUT2D eigenvalue weighted by Crippen LogP contribution is 2.38. The summed E-state index contributed by atoms with van der Waals surface area (Å²) < 4.78 is 32.2. The van der Waals surface area contributed by atoms with Crippen LogP contribution >= 0.6 is 0 Å². The highest BCUT2D eigenvalue weighted by Gasteiger charge is 2.30. The quantitative estimate of drug-likeness (QED) is 0.900. The van der Waals surface area contributed by atoms with Gasteiger partial charge < -0.3 is 14.7 Å². The minimum Gasteiger partial charge on any atom is -0.339 e. The molecule has 0 radical (unpaired) electrons. The van der Waals surface area contributed by atoms with Crippen molar-refractivity contribution in [3.63, 3.8) is 0 Å². The standard InChI is InChI=1S/C18H20F2N4O2/c19-13-3-4-14(20)15(10-13)21-18(25)24-7-5-11(6-8-24)9-16-22-17(23-26-16)12-1-2-12/h3-4,10-12H,1-2,5-9H2,(H,21,25). The Balaban J connectivity index is 1.28. The third kappa shape index (κ3) is 3.84. The van der Waals surface area contributed by atoms with Gasteiger partial charge in [-0.3, -0.25) is 0 Å². The first kappa shape index (κ1) is 16.9. The summed E-state index contributed by atoms with van der Waals surface area (Å²) in [6.45, 7) is 1.11. The number of aromatic nitrogens is 2. The lowest BCUT2D eigenvalue weighted by molar-refractivity contribution is 0.179. The summed E-state index contributed by atoms with van der Waals surface area (Å²) in [6.07, 6.45) is 4.60. The minimum atomic E-state index is -0.655. The van der Waals surface area contributed by atoms with Crippen molar-refractivity contribution in [1.82, 2.24) is 15.0 Å². The number of urea groups is 1. The number of nitrogens with zero attached hydrogens (tertiary/aromatic N) is 3. The van der Waals surface area contributed by atoms with Crippen LogP contribution in [0.2, 0.25) is 0 Å². The minimum absolute atomic E-state index is 0.143. The molecular weight excluding hydrogens is 342 g/mol. The molecule has 0 spiro atoms. The van der Waals surface area contributed by atoms with Gasteiger partial charge in [-0.1, -0.05) is 5.16 Å². The molecule has 2 amide bonds. The summed E-state index contributed by atoms with van der Waals surface area (Å²) in [4.78, 5) is 18.3. The lowest BCUT2D eigenvalue weighted by Crippen LogP contribution is -2.41. The molecule has 1 aliphatic heterocycles. The monoisotopic (exact) mass is 362 g/mol. The number of carbonyl (C=O) groups excluding carboxylic acids is 1. The van der Waals surface area contributed by atoms with Crippen molar-refractivity contribution in [3.05, 3.63) is 41.5 Å². The molecule has 1 saturated heterocycles. The van der Waals surface area contributed by atoms with E-state index in [-0.39, 0.29) is 5.69 Å². The van der Waals surface area contributed by atoms with Gasteiger partial charge in [0, 0.05) is 31.5 Å². The fourth-order valence-corrected chi connectivity index (χ4v) is 3.23. The van der Waals surface area contributed by atoms with E-state index in [9.17, 15) is 13.6 Å². The zero-order chi connectivity index (χ0) is 18.1. The van der Waals surface area contributed by atoms with Gasteiger partial charge in [0.05, 0.1) is 5.69 Å². The van der Waals surface area contributed by atoms with Gasteiger partial charge in [-0.15, -0.1) is 0 Å². The highest BCUT2D eigenvalue weighted by atomic mass is 19.1. The van der Waals surface area contributed by atoms with Crippen molar-refractivity contribution >= 4 is 11.7 Å². The van der Waals surface area contributed by atoms with E-state index < -0.39 is 17.7 Å². The van der Waals surface area contributed by atoms with Crippen molar-refractivity contribution in [2.24, 2.45) is 5.92 Å². The highest BCUT2D eigenvalue weighted by molar-refractivity contribution is 5.89. The molecule has 0 bridgehead atoms. The van der Waals surface area contributed by atoms with E-state index in [1.54, 1.807) is 4.90 Å². The lowest BCUT2D eigenvalue weighted by Gasteiger charge is -2.31. The van der Waals surface area contributed by atoms with E-state index in [0.29, 0.717) is 37.2 Å². The van der Waals surface area contributed by atoms with Gasteiger partial charge in [-0.25, -0.2) is 13.6 Å². The number of likely N-dealkylation sites (tertiary alicyclic amines) is 1. The molecule has 1 saturated carbocycles. The summed E-state index contributed by atoms with van der Waals surface area (Å²) in [6, 6.07) is 2.58. The van der Waals surface area contributed by atoms with E-state index in [1.165, 1.54) is 0 Å². The summed E-state index contributed by atoms with van der Waals surface area (Å²) in [5.74, 6) is 1.08. The Kier molecular flexibility index (Phi) is 4.57. The van der Waals surface area contributed by atoms with Crippen LogP contribution in [0.4, 0.5) is 19.3 Å². The summed E-state index contributed by atoms with van der Waals surface area (Å²) in [5, 5.41) is 6.46. The van der Waals surface area contributed by atoms with Crippen molar-refractivity contribution in [2.75, 3.05) is 18.4 Å². The number of halogens is 2. The number of anilines is 1. The maximum absolute atomic E-state index is 13.6. The second-order valence-electron chi connectivity index (χ2n) is 7.01. The number of piperidine rings is 1. The molecule has 1 aromatic heterocycles. The van der Waals surface area contributed by atoms with Gasteiger partial charge in [-0.05, 0) is 43.7 Å². The molecule has 1 N–H and O–H groups in total. The molecule has 1 aromatic carbocycles. The Morgan fingerprint density at radius 1 is 1.23 bits per heavy atom. The van der Waals surface area contributed by atoms with Crippen LogP contribution in [0.25, 0.3) is 0 Å². The van der Waals surface area contributed by atoms with Crippen LogP contribution in [-0.2, 0) is 6.42 Å². The van der Waals surface area contributed by atoms with Gasteiger partial charge in [0.15, 0.2) is 5.82 Å². The number of hydrogen-bond acceptors (Lipinski definition) is 4. The molecular formula is C18H20F2N4O2. The Morgan fingerprint density at radius 2 is 2.00 bits per heavy atom. The van der Waals surface area contributed by atoms with Crippen LogP contribution in [-0.4, -0.2) is 34.2 Å². The predicted octanol–water partition coefficient (Wildman–Crippen LogP) is 3.71. The number of benzene rings is 1. The maximum Gasteiger partial charge on any atom is 0.321 e. The number of rotatable bonds is 4. The molecule has 0 atom stereocenters. The Morgan fingerprint density at radius 3 is 2.73 bits per heavy atom. The van der Waals surface area contributed by atoms with E-state index in [4.69, 9.17) is 4.52 Å². The fraction of sp³-hybridized carbons (Fsp3) is 0.500. The molecule has 0 unspecified atom stereocenters. The normalized spacial score (nSPS) is 18.2. The summed E-state index contributed by atoms with van der Waals surface area (Å²) in [7, 11) is 0. The molecule has 6 nitrogen and oxygen atoms in total. The molecule has 8 heteroatoms. The Hall–Kier alpha value is -2.51. The van der Waals surface area contributed by atoms with E-state index >= 15 is 0 Å². The molecule has 26 heavy (non-hydrogen) atoms. The first-order chi connectivity index (χ1) is 12.6. The number of carbonyl (C=O) groups is 1. The molecule has 2 aliphatic rings. The van der Waals surface area contributed by atoms with Crippen LogP contribution in [0.5, 0.6) is 0 Å². The summed E-state index contributed by atoms with van der Waals surface area (Å²) >= 11 is 0. The van der Waals surface area contributed by atoms with Crippen LogP contribution in [0.15, 0.2) is 22.7 Å². The van der Waals surface area contributed by atoms with Gasteiger partial charge in [-0.2, -0.15) is 4.98 Å². The van der Waals surface area contributed by atoms with E-state index in [1.807, 2.05) is 0 Å². The van der Waals surface area contributed by atoms with Gasteiger partial charge >= 0.3 is 6.03 Å². The van der Waals surface area contributed by atoms with Crippen LogP contribution in [0.3, 0.4) is 0 Å². The Bertz CT molecular complexity index is 798. The smallest absolute Gasteiger partial charge is 0.321 e. The largest absolute Gasteiger partial charge is 0.339 e. The first-order valence-corrected chi connectivity index (χ1v) is 8.92. The lowest BCUT2D eigenvalue weighted by atomic mass is 9.94. The zero-order valence-corrected chi connectivity index (χ0v) is 14.3. The summed E-state index contributed by atoms with van der Waals surface area (Å²) in [5.41, 5.74) is -0.143. The predicted molar refractivity (Wildman–Crippen MR) is 89.7 cm³/mol. The van der Waals surface area contributed by atoms with Gasteiger partial charge in [0.1, 0.15) is 11.6 Å². The SMILES string of the molecule is O=C(Nc1cc(F)ccc1F)N1CCC(Cc2nc(C3CC3)no2)CC1. The van der Waals surface area contributed by atoms with E-state index in [2.05, 4.69) is 15.5 Å². The van der Waals surface area contributed by atoms with Crippen LogP contribution in [0.1, 0.15) is 43.3 Å². The maximum atomic E-state index is 13.6. The van der Waals surface area contributed by atoms with Crippen molar-refractivity contribution < 1.29 is 18.1 Å². The first-order valence-electron chi connectivity index (χ1n) is 8.92. The third-order valence-corrected chi connectivity index (χ3v) is 4.96. The number of nitrogens with one attached hydrogen (secondary N) is 1. The second kappa shape index (κ2) is 7.01. The van der Waals surface area contributed by atoms with Crippen molar-refractivity contribution in [2.45, 2.75) is 38.0 Å². The molecule has 138 valence electrons. The van der Waals surface area contributed by atoms with Crippen LogP contribution in [0, 0.1) is 17.6 Å². The van der Waals surface area contributed by atoms with Gasteiger partial charge in [0.2, 0.25) is 5.89 Å². The topological polar surface area (TPSA) is 71.3 Å². The second-order valence-corrected chi connectivity index (χ2v) is 7.01. The average molecular weight is 362 g/mol. The molecule has 4 rings (SSSR count). The number of hydrogen-bond donors (Lipinski definition) is 1. The molecule has 1 aliphatic carbocycles. The average Bonchev–Trinajstić information content (AvgIpc) is 3.38. The van der Waals surface area contributed by atoms with Gasteiger partial charge in [0.25, 0.3) is 0 Å². The van der Waals surface area contributed by atoms with E-state index in [0.717, 1.165) is 49.7 Å². The van der Waals surface area contributed by atoms with Crippen molar-refractivity contribution in [1.29, 1.82) is 0 Å².